The van der Waals surface area contributed by atoms with Crippen LogP contribution in [-0.2, 0) is 0 Å². The highest BCUT2D eigenvalue weighted by Gasteiger charge is 2.19. The van der Waals surface area contributed by atoms with Gasteiger partial charge in [-0.05, 0) is 29.7 Å². The van der Waals surface area contributed by atoms with E-state index in [4.69, 9.17) is 5.73 Å². The topological polar surface area (TPSA) is 88.3 Å². The number of hydrogen-bond acceptors (Lipinski definition) is 3. The van der Waals surface area contributed by atoms with E-state index in [1.807, 2.05) is 30.3 Å². The highest BCUT2D eigenvalue weighted by Crippen LogP contribution is 2.21. The van der Waals surface area contributed by atoms with E-state index in [0.29, 0.717) is 18.8 Å². The Labute approximate surface area is 140 Å². The van der Waals surface area contributed by atoms with Gasteiger partial charge in [0.1, 0.15) is 5.69 Å². The SMILES string of the molecule is NC(=O)c1ccc(NC(=O)N2CCC=C(c3ccccc3)C2)cn1. The van der Waals surface area contributed by atoms with Gasteiger partial charge in [0.25, 0.3) is 5.91 Å². The second-order valence-electron chi connectivity index (χ2n) is 5.53. The van der Waals surface area contributed by atoms with Crippen molar-refractivity contribution in [1.82, 2.24) is 9.88 Å². The standard InChI is InChI=1S/C18H18N4O2/c19-17(23)16-9-8-15(11-20-16)21-18(24)22-10-4-7-14(12-22)13-5-2-1-3-6-13/h1-3,5-9,11H,4,10,12H2,(H2,19,23)(H,21,24). The molecule has 122 valence electrons. The fourth-order valence-corrected chi connectivity index (χ4v) is 2.59. The zero-order valence-corrected chi connectivity index (χ0v) is 13.1. The molecule has 6 heteroatoms. The van der Waals surface area contributed by atoms with Crippen LogP contribution in [0.2, 0.25) is 0 Å². The summed E-state index contributed by atoms with van der Waals surface area (Å²) in [6.45, 7) is 1.22. The minimum Gasteiger partial charge on any atom is -0.364 e. The first-order valence-electron chi connectivity index (χ1n) is 7.70. The maximum absolute atomic E-state index is 12.4. The normalized spacial score (nSPS) is 14.0. The third kappa shape index (κ3) is 3.60. The molecule has 0 bridgehead atoms. The molecule has 0 spiro atoms. The monoisotopic (exact) mass is 322 g/mol. The second kappa shape index (κ2) is 6.95. The third-order valence-corrected chi connectivity index (χ3v) is 3.85. The molecule has 3 rings (SSSR count). The lowest BCUT2D eigenvalue weighted by Gasteiger charge is -2.27. The maximum atomic E-state index is 12.4. The zero-order valence-electron chi connectivity index (χ0n) is 13.1. The Hall–Kier alpha value is -3.15. The van der Waals surface area contributed by atoms with E-state index in [9.17, 15) is 9.59 Å². The third-order valence-electron chi connectivity index (χ3n) is 3.85. The van der Waals surface area contributed by atoms with Crippen LogP contribution in [0, 0.1) is 0 Å². The first-order valence-corrected chi connectivity index (χ1v) is 7.70. The van der Waals surface area contributed by atoms with Crippen LogP contribution in [0.5, 0.6) is 0 Å². The predicted octanol–water partition coefficient (Wildman–Crippen LogP) is 2.50. The minimum absolute atomic E-state index is 0.167. The first kappa shape index (κ1) is 15.7. The number of aromatic nitrogens is 1. The number of carbonyl (C=O) groups excluding carboxylic acids is 2. The Kier molecular flexibility index (Phi) is 4.56. The van der Waals surface area contributed by atoms with Crippen molar-refractivity contribution in [1.29, 1.82) is 0 Å². The van der Waals surface area contributed by atoms with E-state index < -0.39 is 5.91 Å². The number of rotatable bonds is 3. The molecule has 3 amide bonds. The summed E-state index contributed by atoms with van der Waals surface area (Å²) < 4.78 is 0. The van der Waals surface area contributed by atoms with Crippen molar-refractivity contribution in [2.75, 3.05) is 18.4 Å². The summed E-state index contributed by atoms with van der Waals surface area (Å²) in [6, 6.07) is 12.9. The van der Waals surface area contributed by atoms with Gasteiger partial charge in [-0.2, -0.15) is 0 Å². The Morgan fingerprint density at radius 1 is 1.12 bits per heavy atom. The summed E-state index contributed by atoms with van der Waals surface area (Å²) in [5, 5.41) is 2.79. The molecule has 3 N–H and O–H groups in total. The van der Waals surface area contributed by atoms with Crippen LogP contribution in [0.15, 0.2) is 54.7 Å². The largest absolute Gasteiger partial charge is 0.364 e. The van der Waals surface area contributed by atoms with E-state index >= 15 is 0 Å². The van der Waals surface area contributed by atoms with Gasteiger partial charge in [-0.25, -0.2) is 9.78 Å². The Bertz CT molecular complexity index is 769. The molecule has 2 aromatic rings. The molecule has 0 aliphatic carbocycles. The minimum atomic E-state index is -0.596. The van der Waals surface area contributed by atoms with Gasteiger partial charge in [-0.3, -0.25) is 4.79 Å². The van der Waals surface area contributed by atoms with Crippen molar-refractivity contribution in [2.45, 2.75) is 6.42 Å². The number of anilines is 1. The summed E-state index contributed by atoms with van der Waals surface area (Å²) >= 11 is 0. The lowest BCUT2D eigenvalue weighted by molar-refractivity contribution is 0.0995. The predicted molar refractivity (Wildman–Crippen MR) is 92.4 cm³/mol. The van der Waals surface area contributed by atoms with Gasteiger partial charge in [0.15, 0.2) is 0 Å². The van der Waals surface area contributed by atoms with E-state index in [0.717, 1.165) is 17.6 Å². The Balaban J connectivity index is 1.65. The first-order chi connectivity index (χ1) is 11.6. The number of carbonyl (C=O) groups is 2. The molecule has 2 heterocycles. The summed E-state index contributed by atoms with van der Waals surface area (Å²) in [5.41, 5.74) is 8.11. The van der Waals surface area contributed by atoms with Crippen LogP contribution >= 0.6 is 0 Å². The molecule has 1 aliphatic heterocycles. The lowest BCUT2D eigenvalue weighted by Crippen LogP contribution is -2.38. The summed E-state index contributed by atoms with van der Waals surface area (Å²) in [6.07, 6.45) is 4.41. The number of pyridine rings is 1. The molecule has 0 fully saturated rings. The second-order valence-corrected chi connectivity index (χ2v) is 5.53. The van der Waals surface area contributed by atoms with Crippen molar-refractivity contribution in [3.8, 4) is 0 Å². The number of nitrogens with two attached hydrogens (primary N) is 1. The quantitative estimate of drug-likeness (QED) is 0.910. The van der Waals surface area contributed by atoms with Crippen molar-refractivity contribution in [3.63, 3.8) is 0 Å². The molecule has 0 saturated carbocycles. The molecular weight excluding hydrogens is 304 g/mol. The molecule has 1 aromatic heterocycles. The molecular formula is C18H18N4O2. The molecule has 0 unspecified atom stereocenters. The Morgan fingerprint density at radius 3 is 2.58 bits per heavy atom. The van der Waals surface area contributed by atoms with E-state index in [-0.39, 0.29) is 11.7 Å². The van der Waals surface area contributed by atoms with Gasteiger partial charge in [0.05, 0.1) is 11.9 Å². The Morgan fingerprint density at radius 2 is 1.92 bits per heavy atom. The van der Waals surface area contributed by atoms with Crippen molar-refractivity contribution >= 4 is 23.2 Å². The van der Waals surface area contributed by atoms with Crippen molar-refractivity contribution < 1.29 is 9.59 Å². The van der Waals surface area contributed by atoms with Gasteiger partial charge < -0.3 is 16.0 Å². The van der Waals surface area contributed by atoms with E-state index in [1.54, 1.807) is 11.0 Å². The summed E-state index contributed by atoms with van der Waals surface area (Å²) in [5.74, 6) is -0.596. The molecule has 6 nitrogen and oxygen atoms in total. The number of urea groups is 1. The summed E-state index contributed by atoms with van der Waals surface area (Å²) in [4.78, 5) is 29.1. The van der Waals surface area contributed by atoms with Crippen LogP contribution in [0.4, 0.5) is 10.5 Å². The highest BCUT2D eigenvalue weighted by molar-refractivity contribution is 5.93. The molecule has 0 saturated heterocycles. The van der Waals surface area contributed by atoms with Gasteiger partial charge >= 0.3 is 6.03 Å². The zero-order chi connectivity index (χ0) is 16.9. The molecule has 1 aliphatic rings. The highest BCUT2D eigenvalue weighted by atomic mass is 16.2. The van der Waals surface area contributed by atoms with Gasteiger partial charge in [0.2, 0.25) is 0 Å². The fourth-order valence-electron chi connectivity index (χ4n) is 2.59. The maximum Gasteiger partial charge on any atom is 0.322 e. The number of nitrogens with one attached hydrogen (secondary N) is 1. The van der Waals surface area contributed by atoms with Gasteiger partial charge in [-0.15, -0.1) is 0 Å². The number of primary amides is 1. The van der Waals surface area contributed by atoms with Gasteiger partial charge in [0, 0.05) is 13.1 Å². The molecule has 0 atom stereocenters. The van der Waals surface area contributed by atoms with Crippen LogP contribution in [0.1, 0.15) is 22.5 Å². The smallest absolute Gasteiger partial charge is 0.322 e. The molecule has 0 radical (unpaired) electrons. The van der Waals surface area contributed by atoms with Crippen LogP contribution < -0.4 is 11.1 Å². The van der Waals surface area contributed by atoms with E-state index in [1.165, 1.54) is 12.3 Å². The van der Waals surface area contributed by atoms with Gasteiger partial charge in [-0.1, -0.05) is 36.4 Å². The van der Waals surface area contributed by atoms with Crippen LogP contribution in [0.25, 0.3) is 5.57 Å². The number of hydrogen-bond donors (Lipinski definition) is 2. The molecule has 1 aromatic carbocycles. The molecule has 24 heavy (non-hydrogen) atoms. The van der Waals surface area contributed by atoms with Crippen LogP contribution in [-0.4, -0.2) is 34.9 Å². The van der Waals surface area contributed by atoms with E-state index in [2.05, 4.69) is 16.4 Å². The van der Waals surface area contributed by atoms with Crippen molar-refractivity contribution in [2.24, 2.45) is 5.73 Å². The average molecular weight is 322 g/mol. The average Bonchev–Trinajstić information content (AvgIpc) is 2.63. The lowest BCUT2D eigenvalue weighted by atomic mass is 10.0. The van der Waals surface area contributed by atoms with Crippen molar-refractivity contribution in [3.05, 3.63) is 66.0 Å². The number of amides is 3. The summed E-state index contributed by atoms with van der Waals surface area (Å²) in [7, 11) is 0. The fraction of sp³-hybridized carbons (Fsp3) is 0.167. The number of nitrogens with zero attached hydrogens (tertiary/aromatic N) is 2. The van der Waals surface area contributed by atoms with Crippen LogP contribution in [0.3, 0.4) is 0 Å². The number of benzene rings is 1.